The van der Waals surface area contributed by atoms with Gasteiger partial charge in [-0.15, -0.1) is 0 Å². The molecule has 1 atom stereocenters. The van der Waals surface area contributed by atoms with Crippen molar-refractivity contribution in [2.75, 3.05) is 0 Å². The fourth-order valence-corrected chi connectivity index (χ4v) is 0.361. The summed E-state index contributed by atoms with van der Waals surface area (Å²) in [6, 6.07) is 0. The summed E-state index contributed by atoms with van der Waals surface area (Å²) in [4.78, 5) is 20.5. The van der Waals surface area contributed by atoms with Crippen molar-refractivity contribution in [1.29, 1.82) is 0 Å². The molecule has 0 saturated carbocycles. The Morgan fingerprint density at radius 3 is 2.50 bits per heavy atom. The number of hydrogen-bond acceptors (Lipinski definition) is 4. The van der Waals surface area contributed by atoms with E-state index in [1.807, 2.05) is 0 Å². The average molecular weight is 171 g/mol. The van der Waals surface area contributed by atoms with Crippen LogP contribution in [-0.4, -0.2) is 23.3 Å². The van der Waals surface area contributed by atoms with Crippen molar-refractivity contribution < 1.29 is 19.4 Å². The minimum Gasteiger partial charge on any atom is -0.478 e. The van der Waals surface area contributed by atoms with Gasteiger partial charge in [0.2, 0.25) is 0 Å². The van der Waals surface area contributed by atoms with Crippen molar-refractivity contribution in [2.45, 2.75) is 6.23 Å². The zero-order valence-corrected chi connectivity index (χ0v) is 6.27. The van der Waals surface area contributed by atoms with Crippen LogP contribution in [0.1, 0.15) is 0 Å². The molecule has 0 rings (SSSR count). The van der Waals surface area contributed by atoms with Gasteiger partial charge in [-0.2, -0.15) is 0 Å². The van der Waals surface area contributed by atoms with E-state index < -0.39 is 18.2 Å². The topological polar surface area (TPSA) is 89.6 Å². The summed E-state index contributed by atoms with van der Waals surface area (Å²) < 4.78 is 4.42. The van der Waals surface area contributed by atoms with Crippen molar-refractivity contribution >= 4 is 11.9 Å². The number of esters is 1. The highest BCUT2D eigenvalue weighted by Gasteiger charge is 2.01. The fourth-order valence-electron chi connectivity index (χ4n) is 0.361. The first kappa shape index (κ1) is 10.4. The summed E-state index contributed by atoms with van der Waals surface area (Å²) in [5.41, 5.74) is 5.14. The van der Waals surface area contributed by atoms with Gasteiger partial charge < -0.3 is 9.84 Å². The van der Waals surface area contributed by atoms with Crippen LogP contribution in [0, 0.1) is 0 Å². The molecule has 1 unspecified atom stereocenters. The highest BCUT2D eigenvalue weighted by atomic mass is 16.5. The van der Waals surface area contributed by atoms with Crippen LogP contribution in [0.25, 0.3) is 0 Å². The molecule has 0 bridgehead atoms. The molecular weight excluding hydrogens is 162 g/mol. The fraction of sp³-hybridized carbons (Fsp3) is 0.143. The van der Waals surface area contributed by atoms with Gasteiger partial charge in [-0.1, -0.05) is 6.58 Å². The Morgan fingerprint density at radius 2 is 2.08 bits per heavy atom. The summed E-state index contributed by atoms with van der Waals surface area (Å²) in [6.45, 7) is 3.27. The molecule has 0 aromatic rings. The monoisotopic (exact) mass is 171 g/mol. The van der Waals surface area contributed by atoms with Crippen LogP contribution in [0.5, 0.6) is 0 Å². The molecule has 3 N–H and O–H groups in total. The molecule has 0 aliphatic heterocycles. The Bertz CT molecular complexity index is 221. The van der Waals surface area contributed by atoms with Crippen LogP contribution < -0.4 is 5.73 Å². The van der Waals surface area contributed by atoms with E-state index in [1.54, 1.807) is 0 Å². The molecule has 0 spiro atoms. The Hall–Kier alpha value is -1.62. The van der Waals surface area contributed by atoms with Gasteiger partial charge in [0.25, 0.3) is 0 Å². The van der Waals surface area contributed by atoms with Crippen molar-refractivity contribution in [3.05, 3.63) is 24.8 Å². The van der Waals surface area contributed by atoms with E-state index in [0.717, 1.165) is 6.08 Å². The Balaban J connectivity index is 3.89. The van der Waals surface area contributed by atoms with E-state index in [0.29, 0.717) is 6.08 Å². The average Bonchev–Trinajstić information content (AvgIpc) is 2.00. The molecule has 0 fully saturated rings. The number of nitrogens with two attached hydrogens (primary N) is 1. The van der Waals surface area contributed by atoms with Crippen molar-refractivity contribution in [3.8, 4) is 0 Å². The quantitative estimate of drug-likeness (QED) is 0.261. The zero-order valence-electron chi connectivity index (χ0n) is 6.27. The van der Waals surface area contributed by atoms with Gasteiger partial charge in [0, 0.05) is 12.2 Å². The standard InChI is InChI=1S/C7H9NO4/c1-2-5(8)12-7(11)4-3-6(9)10/h2-5H,1,8H2,(H,9,10)/b4-3-. The molecule has 0 saturated heterocycles. The molecule has 0 aromatic heterocycles. The summed E-state index contributed by atoms with van der Waals surface area (Å²) >= 11 is 0. The Labute approximate surface area is 69.1 Å². The third-order valence-corrected chi connectivity index (χ3v) is 0.847. The van der Waals surface area contributed by atoms with Gasteiger partial charge >= 0.3 is 11.9 Å². The number of ether oxygens (including phenoxy) is 1. The van der Waals surface area contributed by atoms with Crippen molar-refractivity contribution in [2.24, 2.45) is 5.73 Å². The smallest absolute Gasteiger partial charge is 0.332 e. The molecule has 0 amide bonds. The maximum atomic E-state index is 10.6. The largest absolute Gasteiger partial charge is 0.478 e. The summed E-state index contributed by atoms with van der Waals surface area (Å²) in [6.07, 6.45) is 1.74. The molecule has 66 valence electrons. The zero-order chi connectivity index (χ0) is 9.56. The first-order valence-electron chi connectivity index (χ1n) is 3.06. The summed E-state index contributed by atoms with van der Waals surface area (Å²) in [7, 11) is 0. The van der Waals surface area contributed by atoms with E-state index in [9.17, 15) is 9.59 Å². The third-order valence-electron chi connectivity index (χ3n) is 0.847. The number of aliphatic carboxylic acids is 1. The molecule has 0 heterocycles. The highest BCUT2D eigenvalue weighted by molar-refractivity contribution is 5.90. The van der Waals surface area contributed by atoms with Gasteiger partial charge in [0.1, 0.15) is 0 Å². The van der Waals surface area contributed by atoms with Crippen molar-refractivity contribution in [1.82, 2.24) is 0 Å². The maximum absolute atomic E-state index is 10.6. The van der Waals surface area contributed by atoms with E-state index in [4.69, 9.17) is 10.8 Å². The van der Waals surface area contributed by atoms with E-state index in [2.05, 4.69) is 11.3 Å². The molecule has 0 aliphatic rings. The Kier molecular flexibility index (Phi) is 4.40. The lowest BCUT2D eigenvalue weighted by Gasteiger charge is -2.04. The number of hydrogen-bond donors (Lipinski definition) is 2. The van der Waals surface area contributed by atoms with Crippen LogP contribution in [0.2, 0.25) is 0 Å². The maximum Gasteiger partial charge on any atom is 0.332 e. The molecule has 5 heteroatoms. The second-order valence-corrected chi connectivity index (χ2v) is 1.81. The Morgan fingerprint density at radius 1 is 1.50 bits per heavy atom. The van der Waals surface area contributed by atoms with Crippen LogP contribution in [0.15, 0.2) is 24.8 Å². The van der Waals surface area contributed by atoms with Crippen molar-refractivity contribution in [3.63, 3.8) is 0 Å². The summed E-state index contributed by atoms with van der Waals surface area (Å²) in [5, 5.41) is 8.11. The number of rotatable bonds is 4. The minimum atomic E-state index is -1.22. The SMILES string of the molecule is C=CC(N)OC(=O)/C=C\C(=O)O. The first-order valence-corrected chi connectivity index (χ1v) is 3.06. The molecule has 0 aliphatic carbocycles. The van der Waals surface area contributed by atoms with Gasteiger partial charge in [0.05, 0.1) is 0 Å². The van der Waals surface area contributed by atoms with E-state index in [-0.39, 0.29) is 0 Å². The van der Waals surface area contributed by atoms with Gasteiger partial charge in [-0.3, -0.25) is 5.73 Å². The van der Waals surface area contributed by atoms with Gasteiger partial charge in [-0.05, 0) is 6.08 Å². The van der Waals surface area contributed by atoms with Gasteiger partial charge in [0.15, 0.2) is 6.23 Å². The lowest BCUT2D eigenvalue weighted by Crippen LogP contribution is -2.23. The third kappa shape index (κ3) is 5.19. The predicted molar refractivity (Wildman–Crippen MR) is 41.0 cm³/mol. The second kappa shape index (κ2) is 5.09. The first-order chi connectivity index (χ1) is 5.56. The van der Waals surface area contributed by atoms with Crippen LogP contribution in [-0.2, 0) is 14.3 Å². The highest BCUT2D eigenvalue weighted by Crippen LogP contribution is 1.87. The number of carboxylic acid groups (broad SMARTS) is 1. The predicted octanol–water partition coefficient (Wildman–Crippen LogP) is -0.359. The van der Waals surface area contributed by atoms with Gasteiger partial charge in [-0.25, -0.2) is 9.59 Å². The normalized spacial score (nSPS) is 12.4. The minimum absolute atomic E-state index is 0.665. The lowest BCUT2D eigenvalue weighted by molar-refractivity contribution is -0.141. The van der Waals surface area contributed by atoms with Crippen LogP contribution in [0.4, 0.5) is 0 Å². The van der Waals surface area contributed by atoms with E-state index in [1.165, 1.54) is 6.08 Å². The summed E-state index contributed by atoms with van der Waals surface area (Å²) in [5.74, 6) is -2.04. The lowest BCUT2D eigenvalue weighted by atomic mass is 10.5. The second-order valence-electron chi connectivity index (χ2n) is 1.81. The van der Waals surface area contributed by atoms with E-state index >= 15 is 0 Å². The molecular formula is C7H9NO4. The molecule has 0 aromatic carbocycles. The number of carbonyl (C=O) groups excluding carboxylic acids is 1. The molecule has 12 heavy (non-hydrogen) atoms. The number of carbonyl (C=O) groups is 2. The van der Waals surface area contributed by atoms with Crippen LogP contribution in [0.3, 0.4) is 0 Å². The number of carboxylic acids is 1. The van der Waals surface area contributed by atoms with Crippen LogP contribution >= 0.6 is 0 Å². The molecule has 5 nitrogen and oxygen atoms in total. The molecule has 0 radical (unpaired) electrons.